The molecule has 0 saturated carbocycles. The summed E-state index contributed by atoms with van der Waals surface area (Å²) in [5, 5.41) is 2.65. The number of hydrogen-bond donors (Lipinski definition) is 2. The van der Waals surface area contributed by atoms with Gasteiger partial charge in [0.15, 0.2) is 0 Å². The molecule has 0 aliphatic rings. The lowest BCUT2D eigenvalue weighted by Crippen LogP contribution is -2.30. The lowest BCUT2D eigenvalue weighted by Gasteiger charge is -2.22. The Balaban J connectivity index is 1.98. The Morgan fingerprint density at radius 3 is 2.14 bits per heavy atom. The molecule has 3 aromatic rings. The molecule has 0 unspecified atom stereocenters. The lowest BCUT2D eigenvalue weighted by atomic mass is 10.1. The molecule has 35 heavy (non-hydrogen) atoms. The zero-order chi connectivity index (χ0) is 25.8. The van der Waals surface area contributed by atoms with Gasteiger partial charge in [-0.25, -0.2) is 21.6 Å². The van der Waals surface area contributed by atoms with Crippen molar-refractivity contribution in [2.24, 2.45) is 0 Å². The summed E-state index contributed by atoms with van der Waals surface area (Å²) in [6.07, 6.45) is 0. The molecule has 186 valence electrons. The van der Waals surface area contributed by atoms with Crippen LogP contribution in [0, 0.1) is 0 Å². The van der Waals surface area contributed by atoms with E-state index in [4.69, 9.17) is 4.74 Å². The number of benzene rings is 3. The van der Waals surface area contributed by atoms with Crippen LogP contribution in [0.1, 0.15) is 24.2 Å². The van der Waals surface area contributed by atoms with Gasteiger partial charge < -0.3 is 10.1 Å². The topological polar surface area (TPSA) is 122 Å². The molecule has 0 aliphatic heterocycles. The first kappa shape index (κ1) is 26.2. The molecular weight excluding hydrogens is 490 g/mol. The predicted octanol–water partition coefficient (Wildman–Crippen LogP) is 3.46. The third-order valence-corrected chi connectivity index (χ3v) is 8.45. The Bertz CT molecular complexity index is 1420. The second kappa shape index (κ2) is 10.5. The number of carbonyl (C=O) groups excluding carboxylic acids is 1. The van der Waals surface area contributed by atoms with Crippen LogP contribution in [0.3, 0.4) is 0 Å². The lowest BCUT2D eigenvalue weighted by molar-refractivity contribution is 0.102. The Labute approximate surface area is 205 Å². The number of nitrogens with zero attached hydrogens (tertiary/aromatic N) is 1. The highest BCUT2D eigenvalue weighted by atomic mass is 32.2. The summed E-state index contributed by atoms with van der Waals surface area (Å²) in [6.45, 7) is 3.39. The van der Waals surface area contributed by atoms with Crippen molar-refractivity contribution >= 4 is 37.3 Å². The average molecular weight is 518 g/mol. The van der Waals surface area contributed by atoms with E-state index in [1.807, 2.05) is 0 Å². The van der Waals surface area contributed by atoms with Gasteiger partial charge in [0.1, 0.15) is 5.75 Å². The SMILES string of the molecule is COc1ccc(S(=O)(=O)NC(C)C)cc1NC(=O)c1ccccc1N(C)S(=O)(=O)c1ccccc1. The van der Waals surface area contributed by atoms with Crippen molar-refractivity contribution in [2.75, 3.05) is 23.8 Å². The highest BCUT2D eigenvalue weighted by Gasteiger charge is 2.26. The minimum Gasteiger partial charge on any atom is -0.495 e. The summed E-state index contributed by atoms with van der Waals surface area (Å²) in [4.78, 5) is 13.3. The van der Waals surface area contributed by atoms with Crippen molar-refractivity contribution in [2.45, 2.75) is 29.7 Å². The molecule has 0 heterocycles. The standard InChI is InChI=1S/C24H27N3O6S2/c1-17(2)26-34(29,30)19-14-15-23(33-4)21(16-19)25-24(28)20-12-8-9-13-22(20)27(3)35(31,32)18-10-6-5-7-11-18/h5-17,26H,1-4H3,(H,25,28). The van der Waals surface area contributed by atoms with Crippen molar-refractivity contribution in [3.8, 4) is 5.75 Å². The summed E-state index contributed by atoms with van der Waals surface area (Å²) in [5.41, 5.74) is 0.343. The largest absolute Gasteiger partial charge is 0.495 e. The van der Waals surface area contributed by atoms with Crippen molar-refractivity contribution < 1.29 is 26.4 Å². The van der Waals surface area contributed by atoms with Crippen LogP contribution in [-0.4, -0.2) is 42.9 Å². The fraction of sp³-hybridized carbons (Fsp3) is 0.208. The maximum absolute atomic E-state index is 13.3. The molecule has 0 fully saturated rings. The molecule has 0 radical (unpaired) electrons. The van der Waals surface area contributed by atoms with Gasteiger partial charge in [-0.1, -0.05) is 30.3 Å². The molecule has 2 N–H and O–H groups in total. The summed E-state index contributed by atoms with van der Waals surface area (Å²) in [5.74, 6) is -0.398. The molecule has 0 atom stereocenters. The molecule has 0 aliphatic carbocycles. The summed E-state index contributed by atoms with van der Waals surface area (Å²) in [6, 6.07) is 17.8. The third kappa shape index (κ3) is 5.81. The maximum Gasteiger partial charge on any atom is 0.264 e. The first-order valence-electron chi connectivity index (χ1n) is 10.6. The van der Waals surface area contributed by atoms with E-state index in [-0.39, 0.29) is 38.5 Å². The van der Waals surface area contributed by atoms with Crippen LogP contribution in [-0.2, 0) is 20.0 Å². The molecule has 1 amide bonds. The van der Waals surface area contributed by atoms with Crippen molar-refractivity contribution in [1.29, 1.82) is 0 Å². The molecule has 0 bridgehead atoms. The van der Waals surface area contributed by atoms with Crippen molar-refractivity contribution in [3.63, 3.8) is 0 Å². The van der Waals surface area contributed by atoms with E-state index in [2.05, 4.69) is 10.0 Å². The molecule has 3 aromatic carbocycles. The minimum absolute atomic E-state index is 0.0561. The van der Waals surface area contributed by atoms with Gasteiger partial charge in [0.25, 0.3) is 15.9 Å². The molecular formula is C24H27N3O6S2. The van der Waals surface area contributed by atoms with E-state index >= 15 is 0 Å². The van der Waals surface area contributed by atoms with Gasteiger partial charge in [-0.05, 0) is 56.3 Å². The molecule has 0 saturated heterocycles. The van der Waals surface area contributed by atoms with Gasteiger partial charge in [0.2, 0.25) is 10.0 Å². The molecule has 9 nitrogen and oxygen atoms in total. The van der Waals surface area contributed by atoms with E-state index in [0.29, 0.717) is 0 Å². The van der Waals surface area contributed by atoms with Crippen LogP contribution in [0.25, 0.3) is 0 Å². The molecule has 3 rings (SSSR count). The van der Waals surface area contributed by atoms with Crippen LogP contribution in [0.4, 0.5) is 11.4 Å². The van der Waals surface area contributed by atoms with Gasteiger partial charge in [-0.3, -0.25) is 9.10 Å². The van der Waals surface area contributed by atoms with Crippen LogP contribution >= 0.6 is 0 Å². The smallest absolute Gasteiger partial charge is 0.264 e. The van der Waals surface area contributed by atoms with Crippen molar-refractivity contribution in [3.05, 3.63) is 78.4 Å². The Hall–Kier alpha value is -3.41. The Morgan fingerprint density at radius 1 is 0.886 bits per heavy atom. The third-order valence-electron chi connectivity index (χ3n) is 5.01. The zero-order valence-corrected chi connectivity index (χ0v) is 21.4. The first-order chi connectivity index (χ1) is 16.5. The van der Waals surface area contributed by atoms with E-state index in [1.54, 1.807) is 44.2 Å². The number of rotatable bonds is 9. The monoisotopic (exact) mass is 517 g/mol. The number of sulfonamides is 2. The quantitative estimate of drug-likeness (QED) is 0.448. The first-order valence-corrected chi connectivity index (χ1v) is 13.5. The van der Waals surface area contributed by atoms with Crippen LogP contribution < -0.4 is 19.1 Å². The van der Waals surface area contributed by atoms with Crippen LogP contribution in [0.15, 0.2) is 82.6 Å². The van der Waals surface area contributed by atoms with Gasteiger partial charge in [-0.15, -0.1) is 0 Å². The second-order valence-electron chi connectivity index (χ2n) is 7.89. The van der Waals surface area contributed by atoms with Gasteiger partial charge >= 0.3 is 0 Å². The van der Waals surface area contributed by atoms with Gasteiger partial charge in [-0.2, -0.15) is 0 Å². The van der Waals surface area contributed by atoms with Crippen molar-refractivity contribution in [1.82, 2.24) is 4.72 Å². The zero-order valence-electron chi connectivity index (χ0n) is 19.7. The predicted molar refractivity (Wildman–Crippen MR) is 135 cm³/mol. The highest BCUT2D eigenvalue weighted by molar-refractivity contribution is 7.92. The number of anilines is 2. The fourth-order valence-corrected chi connectivity index (χ4v) is 5.85. The van der Waals surface area contributed by atoms with Gasteiger partial charge in [0, 0.05) is 13.1 Å². The second-order valence-corrected chi connectivity index (χ2v) is 11.6. The number of hydrogen-bond acceptors (Lipinski definition) is 6. The number of ether oxygens (including phenoxy) is 1. The highest BCUT2D eigenvalue weighted by Crippen LogP contribution is 2.30. The van der Waals surface area contributed by atoms with Crippen LogP contribution in [0.5, 0.6) is 5.75 Å². The molecule has 0 spiro atoms. The Kier molecular flexibility index (Phi) is 7.83. The summed E-state index contributed by atoms with van der Waals surface area (Å²) >= 11 is 0. The van der Waals surface area contributed by atoms with Gasteiger partial charge in [0.05, 0.1) is 33.8 Å². The van der Waals surface area contributed by atoms with E-state index in [1.165, 1.54) is 56.6 Å². The minimum atomic E-state index is -3.93. The number of methoxy groups -OCH3 is 1. The summed E-state index contributed by atoms with van der Waals surface area (Å²) in [7, 11) is -5.00. The Morgan fingerprint density at radius 2 is 1.51 bits per heavy atom. The van der Waals surface area contributed by atoms with E-state index in [0.717, 1.165) is 4.31 Å². The van der Waals surface area contributed by atoms with Crippen LogP contribution in [0.2, 0.25) is 0 Å². The fourth-order valence-electron chi connectivity index (χ4n) is 3.34. The number of amides is 1. The number of para-hydroxylation sites is 1. The average Bonchev–Trinajstić information content (AvgIpc) is 2.83. The number of carbonyl (C=O) groups is 1. The summed E-state index contributed by atoms with van der Waals surface area (Å²) < 4.78 is 60.2. The molecule has 0 aromatic heterocycles. The number of nitrogens with one attached hydrogen (secondary N) is 2. The van der Waals surface area contributed by atoms with E-state index in [9.17, 15) is 21.6 Å². The van der Waals surface area contributed by atoms with E-state index < -0.39 is 26.0 Å². The maximum atomic E-state index is 13.3. The normalized spacial score (nSPS) is 11.8. The molecule has 11 heteroatoms.